The summed E-state index contributed by atoms with van der Waals surface area (Å²) >= 11 is 0. The van der Waals surface area contributed by atoms with E-state index in [0.717, 1.165) is 31.6 Å². The van der Waals surface area contributed by atoms with E-state index in [0.29, 0.717) is 38.5 Å². The summed E-state index contributed by atoms with van der Waals surface area (Å²) in [5, 5.41) is 12.6. The van der Waals surface area contributed by atoms with E-state index >= 15 is 0 Å². The van der Waals surface area contributed by atoms with E-state index in [4.69, 9.17) is 0 Å². The van der Waals surface area contributed by atoms with Gasteiger partial charge < -0.3 is 14.7 Å². The molecular weight excluding hydrogens is 348 g/mol. The molecule has 0 aromatic carbocycles. The summed E-state index contributed by atoms with van der Waals surface area (Å²) in [5.41, 5.74) is 0. The molecule has 2 aromatic heterocycles. The lowest BCUT2D eigenvalue weighted by molar-refractivity contribution is -0.139. The predicted octanol–water partition coefficient (Wildman–Crippen LogP) is -0.426. The van der Waals surface area contributed by atoms with Gasteiger partial charge >= 0.3 is 0 Å². The normalized spacial score (nSPS) is 20.6. The van der Waals surface area contributed by atoms with E-state index in [1.165, 1.54) is 6.33 Å². The molecule has 0 radical (unpaired) electrons. The highest BCUT2D eigenvalue weighted by atomic mass is 16.2. The number of piperazine rings is 1. The van der Waals surface area contributed by atoms with Gasteiger partial charge in [-0.2, -0.15) is 5.10 Å². The smallest absolute Gasteiger partial charge is 0.227 e. The summed E-state index contributed by atoms with van der Waals surface area (Å²) in [6, 6.07) is 3.75. The van der Waals surface area contributed by atoms with Crippen LogP contribution < -0.4 is 4.90 Å². The molecule has 10 heteroatoms. The Morgan fingerprint density at radius 1 is 1.07 bits per heavy atom. The average Bonchev–Trinajstić information content (AvgIpc) is 3.28. The number of carbonyl (C=O) groups is 2. The summed E-state index contributed by atoms with van der Waals surface area (Å²) < 4.78 is 1.55. The molecule has 2 saturated heterocycles. The number of amides is 2. The molecule has 27 heavy (non-hydrogen) atoms. The first kappa shape index (κ1) is 17.4. The van der Waals surface area contributed by atoms with Gasteiger partial charge in [-0.1, -0.05) is 0 Å². The molecule has 0 saturated carbocycles. The van der Waals surface area contributed by atoms with Crippen molar-refractivity contribution in [3.05, 3.63) is 24.8 Å². The van der Waals surface area contributed by atoms with Crippen LogP contribution in [0.2, 0.25) is 0 Å². The van der Waals surface area contributed by atoms with Gasteiger partial charge in [0.25, 0.3) is 0 Å². The molecule has 4 rings (SSSR count). The molecular formula is C17H22N8O2. The quantitative estimate of drug-likeness (QED) is 0.674. The SMILES string of the molecule is O=CN1CCN(C(=O)C2CCCN(c3ccc(-n4cncn4)nn3)C2)CC1. The number of hydrogen-bond acceptors (Lipinski definition) is 7. The second-order valence-electron chi connectivity index (χ2n) is 6.84. The van der Waals surface area contributed by atoms with Crippen LogP contribution in [0.15, 0.2) is 24.8 Å². The fraction of sp³-hybridized carbons (Fsp3) is 0.529. The molecule has 4 heterocycles. The van der Waals surface area contributed by atoms with Crippen molar-refractivity contribution in [2.45, 2.75) is 12.8 Å². The first-order chi connectivity index (χ1) is 13.2. The first-order valence-corrected chi connectivity index (χ1v) is 9.16. The summed E-state index contributed by atoms with van der Waals surface area (Å²) in [4.78, 5) is 33.3. The lowest BCUT2D eigenvalue weighted by Gasteiger charge is -2.38. The number of rotatable bonds is 4. The van der Waals surface area contributed by atoms with Gasteiger partial charge in [0.1, 0.15) is 12.7 Å². The maximum Gasteiger partial charge on any atom is 0.227 e. The van der Waals surface area contributed by atoms with Gasteiger partial charge in [0.15, 0.2) is 11.6 Å². The van der Waals surface area contributed by atoms with Gasteiger partial charge in [-0.3, -0.25) is 9.59 Å². The Labute approximate surface area is 156 Å². The Morgan fingerprint density at radius 3 is 2.52 bits per heavy atom. The van der Waals surface area contributed by atoms with Gasteiger partial charge in [-0.25, -0.2) is 9.67 Å². The van der Waals surface area contributed by atoms with Crippen molar-refractivity contribution in [1.29, 1.82) is 0 Å². The zero-order chi connectivity index (χ0) is 18.6. The molecule has 2 aliphatic heterocycles. The zero-order valence-electron chi connectivity index (χ0n) is 15.0. The largest absolute Gasteiger partial charge is 0.354 e. The van der Waals surface area contributed by atoms with E-state index in [-0.39, 0.29) is 11.8 Å². The van der Waals surface area contributed by atoms with Gasteiger partial charge in [-0.05, 0) is 25.0 Å². The monoisotopic (exact) mass is 370 g/mol. The summed E-state index contributed by atoms with van der Waals surface area (Å²) in [6.07, 6.45) is 5.70. The van der Waals surface area contributed by atoms with Crippen molar-refractivity contribution in [1.82, 2.24) is 34.8 Å². The number of aromatic nitrogens is 5. The first-order valence-electron chi connectivity index (χ1n) is 9.16. The van der Waals surface area contributed by atoms with E-state index in [9.17, 15) is 9.59 Å². The highest BCUT2D eigenvalue weighted by molar-refractivity contribution is 5.80. The van der Waals surface area contributed by atoms with E-state index < -0.39 is 0 Å². The molecule has 0 spiro atoms. The van der Waals surface area contributed by atoms with Crippen LogP contribution in [0, 0.1) is 5.92 Å². The van der Waals surface area contributed by atoms with Gasteiger partial charge in [-0.15, -0.1) is 10.2 Å². The Kier molecular flexibility index (Phi) is 4.95. The minimum absolute atomic E-state index is 0.0432. The van der Waals surface area contributed by atoms with Crippen LogP contribution in [0.25, 0.3) is 5.82 Å². The minimum Gasteiger partial charge on any atom is -0.354 e. The molecule has 1 atom stereocenters. The molecule has 10 nitrogen and oxygen atoms in total. The van der Waals surface area contributed by atoms with Crippen LogP contribution in [-0.4, -0.2) is 86.3 Å². The van der Waals surface area contributed by atoms with E-state index in [2.05, 4.69) is 25.2 Å². The molecule has 0 bridgehead atoms. The zero-order valence-corrected chi connectivity index (χ0v) is 15.0. The second kappa shape index (κ2) is 7.68. The van der Waals surface area contributed by atoms with E-state index in [1.54, 1.807) is 15.9 Å². The van der Waals surface area contributed by atoms with E-state index in [1.807, 2.05) is 17.0 Å². The highest BCUT2D eigenvalue weighted by Gasteiger charge is 2.31. The van der Waals surface area contributed by atoms with Crippen LogP contribution >= 0.6 is 0 Å². The number of piperidine rings is 1. The summed E-state index contributed by atoms with van der Waals surface area (Å²) in [5.74, 6) is 1.51. The molecule has 2 aromatic rings. The van der Waals surface area contributed by atoms with Gasteiger partial charge in [0.05, 0.1) is 5.92 Å². The Bertz CT molecular complexity index is 771. The fourth-order valence-corrected chi connectivity index (χ4v) is 3.63. The van der Waals surface area contributed by atoms with Crippen molar-refractivity contribution >= 4 is 18.1 Å². The summed E-state index contributed by atoms with van der Waals surface area (Å²) in [6.45, 7) is 3.95. The van der Waals surface area contributed by atoms with Crippen LogP contribution in [0.1, 0.15) is 12.8 Å². The topological polar surface area (TPSA) is 100 Å². The number of carbonyl (C=O) groups excluding carboxylic acids is 2. The maximum atomic E-state index is 12.9. The van der Waals surface area contributed by atoms with Crippen molar-refractivity contribution in [3.63, 3.8) is 0 Å². The third kappa shape index (κ3) is 3.74. The predicted molar refractivity (Wildman–Crippen MR) is 96.1 cm³/mol. The van der Waals surface area contributed by atoms with Gasteiger partial charge in [0, 0.05) is 39.3 Å². The standard InChI is InChI=1S/C17H22N8O2/c26-13-22-6-8-23(9-7-22)17(27)14-2-1-5-24(10-14)15-3-4-16(21-20-15)25-12-18-11-19-25/h3-4,11-14H,1-2,5-10H2. The lowest BCUT2D eigenvalue weighted by Crippen LogP contribution is -2.52. The number of nitrogens with zero attached hydrogens (tertiary/aromatic N) is 8. The summed E-state index contributed by atoms with van der Waals surface area (Å²) in [7, 11) is 0. The van der Waals surface area contributed by atoms with Crippen LogP contribution in [0.3, 0.4) is 0 Å². The molecule has 2 amide bonds. The van der Waals surface area contributed by atoms with Crippen LogP contribution in [0.5, 0.6) is 0 Å². The highest BCUT2D eigenvalue weighted by Crippen LogP contribution is 2.23. The minimum atomic E-state index is -0.0432. The number of hydrogen-bond donors (Lipinski definition) is 0. The van der Waals surface area contributed by atoms with Crippen LogP contribution in [0.4, 0.5) is 5.82 Å². The fourth-order valence-electron chi connectivity index (χ4n) is 3.63. The number of anilines is 1. The molecule has 0 N–H and O–H groups in total. The van der Waals surface area contributed by atoms with Crippen molar-refractivity contribution < 1.29 is 9.59 Å². The second-order valence-corrected chi connectivity index (χ2v) is 6.84. The third-order valence-corrected chi connectivity index (χ3v) is 5.16. The van der Waals surface area contributed by atoms with Crippen molar-refractivity contribution in [3.8, 4) is 5.82 Å². The maximum absolute atomic E-state index is 12.9. The van der Waals surface area contributed by atoms with Crippen molar-refractivity contribution in [2.75, 3.05) is 44.2 Å². The Hall–Kier alpha value is -3.04. The molecule has 2 aliphatic rings. The molecule has 2 fully saturated rings. The van der Waals surface area contributed by atoms with Crippen molar-refractivity contribution in [2.24, 2.45) is 5.92 Å². The Balaban J connectivity index is 1.39. The van der Waals surface area contributed by atoms with Gasteiger partial charge in [0.2, 0.25) is 12.3 Å². The van der Waals surface area contributed by atoms with Crippen LogP contribution in [-0.2, 0) is 9.59 Å². The lowest BCUT2D eigenvalue weighted by atomic mass is 9.96. The molecule has 142 valence electrons. The average molecular weight is 370 g/mol. The Morgan fingerprint density at radius 2 is 1.85 bits per heavy atom. The third-order valence-electron chi connectivity index (χ3n) is 5.16. The molecule has 0 aliphatic carbocycles. The molecule has 1 unspecified atom stereocenters.